The van der Waals surface area contributed by atoms with Crippen LogP contribution < -0.4 is 5.73 Å². The number of aromatic nitrogens is 1. The highest BCUT2D eigenvalue weighted by Crippen LogP contribution is 2.30. The van der Waals surface area contributed by atoms with E-state index >= 15 is 0 Å². The molecule has 0 saturated heterocycles. The molecule has 0 spiro atoms. The van der Waals surface area contributed by atoms with E-state index in [1.54, 1.807) is 0 Å². The van der Waals surface area contributed by atoms with Gasteiger partial charge in [0.15, 0.2) is 0 Å². The van der Waals surface area contributed by atoms with Crippen LogP contribution in [0.25, 0.3) is 0 Å². The Bertz CT molecular complexity index is 600. The normalized spacial score (nSPS) is 14.2. The predicted molar refractivity (Wildman–Crippen MR) is 88.4 cm³/mol. The molecule has 21 heavy (non-hydrogen) atoms. The van der Waals surface area contributed by atoms with Gasteiger partial charge in [-0.05, 0) is 55.8 Å². The molecule has 2 unspecified atom stereocenters. The number of halogens is 1. The first-order valence-electron chi connectivity index (χ1n) is 7.12. The van der Waals surface area contributed by atoms with Crippen molar-refractivity contribution < 1.29 is 0 Å². The molecular weight excluding hydrogens is 282 g/mol. The minimum absolute atomic E-state index is 0.132. The number of pyridine rings is 1. The van der Waals surface area contributed by atoms with E-state index in [0.29, 0.717) is 6.54 Å². The Morgan fingerprint density at radius 3 is 2.71 bits per heavy atom. The summed E-state index contributed by atoms with van der Waals surface area (Å²) in [5, 5.41) is 0.759. The van der Waals surface area contributed by atoms with Crippen molar-refractivity contribution in [2.45, 2.75) is 25.9 Å². The van der Waals surface area contributed by atoms with E-state index in [1.807, 2.05) is 36.7 Å². The molecule has 4 heteroatoms. The minimum Gasteiger partial charge on any atom is -0.329 e. The van der Waals surface area contributed by atoms with Crippen molar-refractivity contribution in [2.24, 2.45) is 5.73 Å². The van der Waals surface area contributed by atoms with Gasteiger partial charge in [0.1, 0.15) is 0 Å². The molecule has 2 aromatic rings. The second kappa shape index (κ2) is 7.03. The van der Waals surface area contributed by atoms with Gasteiger partial charge in [0.25, 0.3) is 0 Å². The summed E-state index contributed by atoms with van der Waals surface area (Å²) >= 11 is 6.10. The maximum Gasteiger partial charge on any atom is 0.0491 e. The van der Waals surface area contributed by atoms with Crippen LogP contribution in [0.2, 0.25) is 5.02 Å². The van der Waals surface area contributed by atoms with Crippen LogP contribution in [0.5, 0.6) is 0 Å². The highest BCUT2D eigenvalue weighted by Gasteiger charge is 2.23. The van der Waals surface area contributed by atoms with Gasteiger partial charge in [-0.2, -0.15) is 0 Å². The van der Waals surface area contributed by atoms with Gasteiger partial charge in [0.05, 0.1) is 0 Å². The van der Waals surface area contributed by atoms with Crippen molar-refractivity contribution in [2.75, 3.05) is 13.6 Å². The van der Waals surface area contributed by atoms with Crippen molar-refractivity contribution in [1.29, 1.82) is 0 Å². The van der Waals surface area contributed by atoms with Crippen LogP contribution in [0.15, 0.2) is 42.7 Å². The zero-order chi connectivity index (χ0) is 15.4. The molecule has 1 aromatic heterocycles. The molecule has 0 aliphatic rings. The van der Waals surface area contributed by atoms with Gasteiger partial charge in [-0.15, -0.1) is 0 Å². The highest BCUT2D eigenvalue weighted by atomic mass is 35.5. The third kappa shape index (κ3) is 3.62. The van der Waals surface area contributed by atoms with Crippen molar-refractivity contribution >= 4 is 11.6 Å². The average Bonchev–Trinajstić information content (AvgIpc) is 2.49. The van der Waals surface area contributed by atoms with E-state index in [4.69, 9.17) is 17.3 Å². The molecule has 2 rings (SSSR count). The zero-order valence-corrected chi connectivity index (χ0v) is 13.5. The molecule has 3 nitrogen and oxygen atoms in total. The zero-order valence-electron chi connectivity index (χ0n) is 12.8. The largest absolute Gasteiger partial charge is 0.329 e. The van der Waals surface area contributed by atoms with Gasteiger partial charge in [0, 0.05) is 36.0 Å². The molecule has 0 amide bonds. The van der Waals surface area contributed by atoms with E-state index in [1.165, 1.54) is 16.7 Å². The minimum atomic E-state index is 0.132. The van der Waals surface area contributed by atoms with Crippen LogP contribution in [0.1, 0.15) is 35.7 Å². The van der Waals surface area contributed by atoms with E-state index in [9.17, 15) is 0 Å². The topological polar surface area (TPSA) is 42.1 Å². The summed E-state index contributed by atoms with van der Waals surface area (Å²) in [6.45, 7) is 4.81. The Kier molecular flexibility index (Phi) is 5.34. The van der Waals surface area contributed by atoms with Gasteiger partial charge in [-0.25, -0.2) is 0 Å². The van der Waals surface area contributed by atoms with Gasteiger partial charge in [-0.1, -0.05) is 23.7 Å². The SMILES string of the molecule is Cc1ccncc1C(CN)N(C)C(C)c1cccc(Cl)c1. The van der Waals surface area contributed by atoms with E-state index in [-0.39, 0.29) is 12.1 Å². The summed E-state index contributed by atoms with van der Waals surface area (Å²) in [6, 6.07) is 10.3. The lowest BCUT2D eigenvalue weighted by molar-refractivity contribution is 0.189. The van der Waals surface area contributed by atoms with Gasteiger partial charge >= 0.3 is 0 Å². The molecule has 0 fully saturated rings. The van der Waals surface area contributed by atoms with E-state index < -0.39 is 0 Å². The summed E-state index contributed by atoms with van der Waals surface area (Å²) in [7, 11) is 2.09. The summed E-state index contributed by atoms with van der Waals surface area (Å²) in [6.07, 6.45) is 3.72. The van der Waals surface area contributed by atoms with Crippen LogP contribution in [0.4, 0.5) is 0 Å². The van der Waals surface area contributed by atoms with E-state index in [0.717, 1.165) is 5.02 Å². The van der Waals surface area contributed by atoms with Crippen LogP contribution in [0.3, 0.4) is 0 Å². The molecule has 0 bridgehead atoms. The molecule has 1 aromatic carbocycles. The second-order valence-corrected chi connectivity index (χ2v) is 5.82. The van der Waals surface area contributed by atoms with Crippen molar-refractivity contribution in [3.63, 3.8) is 0 Å². The molecule has 0 aliphatic carbocycles. The molecule has 112 valence electrons. The molecule has 0 aliphatic heterocycles. The number of hydrogen-bond acceptors (Lipinski definition) is 3. The smallest absolute Gasteiger partial charge is 0.0491 e. The number of nitrogens with zero attached hydrogens (tertiary/aromatic N) is 2. The fourth-order valence-corrected chi connectivity index (χ4v) is 2.81. The Labute approximate surface area is 131 Å². The van der Waals surface area contributed by atoms with Gasteiger partial charge < -0.3 is 5.73 Å². The monoisotopic (exact) mass is 303 g/mol. The Hall–Kier alpha value is -1.42. The number of rotatable bonds is 5. The van der Waals surface area contributed by atoms with Crippen molar-refractivity contribution in [3.8, 4) is 0 Å². The first kappa shape index (κ1) is 16.0. The quantitative estimate of drug-likeness (QED) is 0.915. The summed E-state index contributed by atoms with van der Waals surface area (Å²) < 4.78 is 0. The van der Waals surface area contributed by atoms with Gasteiger partial charge in [-0.3, -0.25) is 9.88 Å². The highest BCUT2D eigenvalue weighted by molar-refractivity contribution is 6.30. The van der Waals surface area contributed by atoms with Crippen LogP contribution in [-0.4, -0.2) is 23.5 Å². The standard InChI is InChI=1S/C17H22ClN3/c1-12-7-8-20-11-16(12)17(10-19)21(3)13(2)14-5-4-6-15(18)9-14/h4-9,11,13,17H,10,19H2,1-3H3. The fourth-order valence-electron chi connectivity index (χ4n) is 2.61. The Morgan fingerprint density at radius 2 is 2.10 bits per heavy atom. The number of aryl methyl sites for hydroxylation is 1. The summed E-state index contributed by atoms with van der Waals surface area (Å²) in [5.41, 5.74) is 9.60. The van der Waals surface area contributed by atoms with Crippen molar-refractivity contribution in [1.82, 2.24) is 9.88 Å². The van der Waals surface area contributed by atoms with E-state index in [2.05, 4.69) is 36.8 Å². The maximum atomic E-state index is 6.10. The molecular formula is C17H22ClN3. The van der Waals surface area contributed by atoms with Crippen LogP contribution >= 0.6 is 11.6 Å². The number of benzene rings is 1. The Morgan fingerprint density at radius 1 is 1.33 bits per heavy atom. The first-order valence-corrected chi connectivity index (χ1v) is 7.50. The molecule has 0 saturated carbocycles. The summed E-state index contributed by atoms with van der Waals surface area (Å²) in [5.74, 6) is 0. The van der Waals surface area contributed by atoms with Crippen LogP contribution in [0, 0.1) is 6.92 Å². The summed E-state index contributed by atoms with van der Waals surface area (Å²) in [4.78, 5) is 6.51. The molecule has 0 radical (unpaired) electrons. The number of nitrogens with two attached hydrogens (primary N) is 1. The lowest BCUT2D eigenvalue weighted by Gasteiger charge is -2.33. The molecule has 2 atom stereocenters. The number of hydrogen-bond donors (Lipinski definition) is 1. The average molecular weight is 304 g/mol. The molecule has 2 N–H and O–H groups in total. The second-order valence-electron chi connectivity index (χ2n) is 5.38. The third-order valence-electron chi connectivity index (χ3n) is 4.10. The Balaban J connectivity index is 2.28. The maximum absolute atomic E-state index is 6.10. The molecule has 1 heterocycles. The lowest BCUT2D eigenvalue weighted by atomic mass is 9.99. The third-order valence-corrected chi connectivity index (χ3v) is 4.33. The predicted octanol–water partition coefficient (Wildman–Crippen LogP) is 3.74. The van der Waals surface area contributed by atoms with Crippen molar-refractivity contribution in [3.05, 3.63) is 64.4 Å². The van der Waals surface area contributed by atoms with Crippen LogP contribution in [-0.2, 0) is 0 Å². The lowest BCUT2D eigenvalue weighted by Crippen LogP contribution is -2.33. The number of likely N-dealkylation sites (N-methyl/N-ethyl adjacent to an activating group) is 1. The van der Waals surface area contributed by atoms with Gasteiger partial charge in [0.2, 0.25) is 0 Å². The first-order chi connectivity index (χ1) is 10.0. The fraction of sp³-hybridized carbons (Fsp3) is 0.353.